The van der Waals surface area contributed by atoms with Gasteiger partial charge in [0.25, 0.3) is 0 Å². The Hall–Kier alpha value is -0.845. The molecule has 0 amide bonds. The second-order valence-corrected chi connectivity index (χ2v) is 3.32. The molecule has 0 fully saturated rings. The van der Waals surface area contributed by atoms with Gasteiger partial charge >= 0.3 is 12.9 Å². The van der Waals surface area contributed by atoms with Crippen LogP contribution in [-0.4, -0.2) is 7.25 Å². The second-order valence-electron chi connectivity index (χ2n) is 2.07. The molecule has 76 valence electrons. The first kappa shape index (κ1) is 13.2. The largest absolute Gasteiger partial charge is 0.673 e. The quantitative estimate of drug-likeness (QED) is 0.307. The van der Waals surface area contributed by atoms with Gasteiger partial charge in [0.05, 0.1) is 0 Å². The average molecular weight is 318 g/mol. The molecule has 0 heterocycles. The van der Waals surface area contributed by atoms with Crippen molar-refractivity contribution in [1.29, 1.82) is 5.39 Å². The fraction of sp³-hybridized carbons (Fsp3) is 0. The van der Waals surface area contributed by atoms with Crippen LogP contribution in [-0.2, 0) is 0 Å². The van der Waals surface area contributed by atoms with Crippen molar-refractivity contribution in [3.8, 4) is 0 Å². The van der Waals surface area contributed by atoms with Gasteiger partial charge < -0.3 is 17.3 Å². The molecule has 0 spiro atoms. The topological polar surface area (TPSA) is 28.1 Å². The predicted molar refractivity (Wildman–Crippen MR) is 54.1 cm³/mol. The van der Waals surface area contributed by atoms with Crippen LogP contribution in [0.2, 0.25) is 0 Å². The molecule has 1 rings (SSSR count). The molecule has 0 radical (unpaired) electrons. The standard InChI is InChI=1S/C6H4IN2.BF4/c7-5-2-1-3-6(4-5)9-8;2-1(3,4)5/h1-4H;/q+1;-1. The van der Waals surface area contributed by atoms with Gasteiger partial charge in [-0.15, -0.1) is 0 Å². The van der Waals surface area contributed by atoms with E-state index in [4.69, 9.17) is 5.39 Å². The number of hydrogen-bond acceptors (Lipinski definition) is 1. The third kappa shape index (κ3) is 9.24. The van der Waals surface area contributed by atoms with E-state index in [0.29, 0.717) is 5.69 Å². The van der Waals surface area contributed by atoms with Crippen molar-refractivity contribution >= 4 is 35.5 Å². The monoisotopic (exact) mass is 318 g/mol. The van der Waals surface area contributed by atoms with Crippen LogP contribution in [0.5, 0.6) is 0 Å². The minimum atomic E-state index is -6.00. The van der Waals surface area contributed by atoms with Crippen LogP contribution >= 0.6 is 22.6 Å². The Labute approximate surface area is 91.2 Å². The molecule has 0 aliphatic carbocycles. The van der Waals surface area contributed by atoms with E-state index in [1.54, 1.807) is 12.1 Å². The molecule has 0 N–H and O–H groups in total. The average Bonchev–Trinajstić information content (AvgIpc) is 2.01. The van der Waals surface area contributed by atoms with Crippen molar-refractivity contribution in [2.24, 2.45) is 0 Å². The summed E-state index contributed by atoms with van der Waals surface area (Å²) in [5.74, 6) is 0. The van der Waals surface area contributed by atoms with Crippen molar-refractivity contribution in [2.45, 2.75) is 0 Å². The zero-order valence-electron chi connectivity index (χ0n) is 6.67. The number of diazo groups is 1. The molecule has 1 aromatic carbocycles. The molecule has 2 nitrogen and oxygen atoms in total. The Morgan fingerprint density at radius 2 is 1.71 bits per heavy atom. The lowest BCUT2D eigenvalue weighted by atomic mass is 10.3. The van der Waals surface area contributed by atoms with Crippen LogP contribution in [0.1, 0.15) is 0 Å². The van der Waals surface area contributed by atoms with Crippen LogP contribution < -0.4 is 0 Å². The summed E-state index contributed by atoms with van der Waals surface area (Å²) in [5, 5.41) is 8.28. The molecule has 0 saturated heterocycles. The highest BCUT2D eigenvalue weighted by molar-refractivity contribution is 14.1. The highest BCUT2D eigenvalue weighted by atomic mass is 127. The Kier molecular flexibility index (Phi) is 5.45. The van der Waals surface area contributed by atoms with Gasteiger partial charge in [-0.3, -0.25) is 0 Å². The normalized spacial score (nSPS) is 9.71. The van der Waals surface area contributed by atoms with E-state index in [9.17, 15) is 17.3 Å². The van der Waals surface area contributed by atoms with Crippen LogP contribution in [0.3, 0.4) is 0 Å². The van der Waals surface area contributed by atoms with Gasteiger partial charge in [-0.1, -0.05) is 6.07 Å². The third-order valence-corrected chi connectivity index (χ3v) is 1.59. The number of hydrogen-bond donors (Lipinski definition) is 0. The lowest BCUT2D eigenvalue weighted by Crippen LogP contribution is -2.02. The number of nitrogens with zero attached hydrogens (tertiary/aromatic N) is 2. The van der Waals surface area contributed by atoms with Gasteiger partial charge in [0, 0.05) is 15.7 Å². The maximum absolute atomic E-state index is 9.75. The van der Waals surface area contributed by atoms with E-state index >= 15 is 0 Å². The van der Waals surface area contributed by atoms with Crippen molar-refractivity contribution in [1.82, 2.24) is 0 Å². The van der Waals surface area contributed by atoms with E-state index in [-0.39, 0.29) is 0 Å². The molecular formula is C6H4BF4IN2. The molecule has 0 bridgehead atoms. The fourth-order valence-electron chi connectivity index (χ4n) is 0.538. The molecule has 0 unspecified atom stereocenters. The molecule has 8 heteroatoms. The van der Waals surface area contributed by atoms with Crippen LogP contribution in [0.15, 0.2) is 24.3 Å². The molecule has 0 aromatic heterocycles. The summed E-state index contributed by atoms with van der Waals surface area (Å²) in [6.45, 7) is 0. The summed E-state index contributed by atoms with van der Waals surface area (Å²) in [5.41, 5.74) is 0.599. The lowest BCUT2D eigenvalue weighted by Gasteiger charge is -1.94. The summed E-state index contributed by atoms with van der Waals surface area (Å²) in [4.78, 5) is 3.03. The minimum absolute atomic E-state index is 0.599. The summed E-state index contributed by atoms with van der Waals surface area (Å²) in [7, 11) is -6.00. The van der Waals surface area contributed by atoms with E-state index in [2.05, 4.69) is 27.6 Å². The summed E-state index contributed by atoms with van der Waals surface area (Å²) in [6.07, 6.45) is 0. The highest BCUT2D eigenvalue weighted by Crippen LogP contribution is 2.14. The molecule has 0 aliphatic heterocycles. The molecule has 14 heavy (non-hydrogen) atoms. The lowest BCUT2D eigenvalue weighted by molar-refractivity contribution is 0.368. The fourth-order valence-corrected chi connectivity index (χ4v) is 1.06. The van der Waals surface area contributed by atoms with E-state index in [1.165, 1.54) is 0 Å². The van der Waals surface area contributed by atoms with Crippen LogP contribution in [0.4, 0.5) is 23.0 Å². The van der Waals surface area contributed by atoms with Gasteiger partial charge in [-0.2, -0.15) is 0 Å². The Balaban J connectivity index is 0.000000292. The van der Waals surface area contributed by atoms with E-state index in [0.717, 1.165) is 3.57 Å². The zero-order chi connectivity index (χ0) is 11.2. The van der Waals surface area contributed by atoms with Crippen molar-refractivity contribution in [2.75, 3.05) is 0 Å². The van der Waals surface area contributed by atoms with E-state index in [1.807, 2.05) is 12.1 Å². The van der Waals surface area contributed by atoms with Crippen LogP contribution in [0.25, 0.3) is 4.98 Å². The molecule has 1 aromatic rings. The summed E-state index contributed by atoms with van der Waals surface area (Å²) in [6, 6.07) is 7.31. The first-order valence-electron chi connectivity index (χ1n) is 3.31. The van der Waals surface area contributed by atoms with Crippen molar-refractivity contribution < 1.29 is 17.3 Å². The Morgan fingerprint density at radius 1 is 1.21 bits per heavy atom. The van der Waals surface area contributed by atoms with Gasteiger partial charge in [-0.05, 0) is 28.7 Å². The van der Waals surface area contributed by atoms with Gasteiger partial charge in [0.2, 0.25) is 5.39 Å². The molecule has 0 aliphatic rings. The number of benzene rings is 1. The SMILES string of the molecule is F[B-](F)(F)F.N#[N+]c1cccc(I)c1. The van der Waals surface area contributed by atoms with E-state index < -0.39 is 7.25 Å². The third-order valence-electron chi connectivity index (χ3n) is 0.924. The molecular weight excluding hydrogens is 314 g/mol. The zero-order valence-corrected chi connectivity index (χ0v) is 8.83. The highest BCUT2D eigenvalue weighted by Gasteiger charge is 2.20. The smallest absolute Gasteiger partial charge is 0.418 e. The Bertz CT molecular complexity index is 329. The second kappa shape index (κ2) is 5.80. The first-order chi connectivity index (χ1) is 6.33. The Morgan fingerprint density at radius 3 is 2.00 bits per heavy atom. The van der Waals surface area contributed by atoms with Crippen LogP contribution in [0, 0.1) is 8.96 Å². The summed E-state index contributed by atoms with van der Waals surface area (Å²) >= 11 is 2.16. The number of halogens is 5. The van der Waals surface area contributed by atoms with Crippen molar-refractivity contribution in [3.63, 3.8) is 0 Å². The maximum Gasteiger partial charge on any atom is 0.673 e. The first-order valence-corrected chi connectivity index (χ1v) is 4.39. The van der Waals surface area contributed by atoms with Gasteiger partial charge in [0.1, 0.15) is 0 Å². The van der Waals surface area contributed by atoms with Gasteiger partial charge in [0.15, 0.2) is 4.98 Å². The number of rotatable bonds is 0. The summed E-state index contributed by atoms with van der Waals surface area (Å²) < 4.78 is 40.1. The maximum atomic E-state index is 9.75. The predicted octanol–water partition coefficient (Wildman–Crippen LogP) is 4.08. The van der Waals surface area contributed by atoms with Gasteiger partial charge in [-0.25, -0.2) is 0 Å². The molecule has 0 saturated carbocycles. The minimum Gasteiger partial charge on any atom is -0.418 e. The van der Waals surface area contributed by atoms with Crippen molar-refractivity contribution in [3.05, 3.63) is 32.8 Å². The molecule has 0 atom stereocenters.